The molecule has 0 saturated carbocycles. The molecule has 2 unspecified atom stereocenters. The van der Waals surface area contributed by atoms with Crippen LogP contribution in [0.4, 0.5) is 0 Å². The van der Waals surface area contributed by atoms with Crippen molar-refractivity contribution in [2.24, 2.45) is 0 Å². The highest BCUT2D eigenvalue weighted by atomic mass is 16.3. The smallest absolute Gasteiger partial charge is 0.170 e. The van der Waals surface area contributed by atoms with E-state index < -0.39 is 12.2 Å². The molecule has 0 amide bonds. The minimum Gasteiger partial charge on any atom is -0.385 e. The second kappa shape index (κ2) is 3.93. The van der Waals surface area contributed by atoms with Crippen LogP contribution in [0, 0.1) is 18.3 Å². The number of hydrogen-bond acceptors (Lipinski definition) is 4. The summed E-state index contributed by atoms with van der Waals surface area (Å²) in [7, 11) is 0. The largest absolute Gasteiger partial charge is 0.385 e. The molecule has 0 aliphatic rings. The minimum atomic E-state index is -1.42. The zero-order valence-corrected chi connectivity index (χ0v) is 8.68. The van der Waals surface area contributed by atoms with Crippen molar-refractivity contribution in [3.63, 3.8) is 0 Å². The van der Waals surface area contributed by atoms with Gasteiger partial charge in [-0.25, -0.2) is 4.98 Å². The third kappa shape index (κ3) is 1.76. The Kier molecular flexibility index (Phi) is 2.60. The first kappa shape index (κ1) is 10.6. The van der Waals surface area contributed by atoms with Gasteiger partial charge in [0.1, 0.15) is 11.9 Å². The Labute approximate surface area is 92.0 Å². The minimum absolute atomic E-state index is 0.491. The predicted molar refractivity (Wildman–Crippen MR) is 57.4 cm³/mol. The fourth-order valence-corrected chi connectivity index (χ4v) is 1.59. The van der Waals surface area contributed by atoms with Crippen molar-refractivity contribution in [2.45, 2.75) is 19.1 Å². The van der Waals surface area contributed by atoms with Crippen LogP contribution in [0.25, 0.3) is 11.0 Å². The highest BCUT2D eigenvalue weighted by Crippen LogP contribution is 2.21. The van der Waals surface area contributed by atoms with E-state index in [0.29, 0.717) is 5.56 Å². The average Bonchev–Trinajstić information content (AvgIpc) is 2.65. The summed E-state index contributed by atoms with van der Waals surface area (Å²) in [6.45, 7) is 1.83. The first-order chi connectivity index (χ1) is 7.61. The normalized spacial score (nSPS) is 14.6. The molecule has 82 valence electrons. The molecule has 3 N–H and O–H groups in total. The van der Waals surface area contributed by atoms with Crippen LogP contribution in [0.5, 0.6) is 0 Å². The number of aryl methyl sites for hydroxylation is 1. The summed E-state index contributed by atoms with van der Waals surface area (Å²) >= 11 is 0. The van der Waals surface area contributed by atoms with Crippen LogP contribution in [-0.2, 0) is 0 Å². The van der Waals surface area contributed by atoms with E-state index in [0.717, 1.165) is 16.9 Å². The molecule has 1 aromatic heterocycles. The van der Waals surface area contributed by atoms with Gasteiger partial charge in [-0.2, -0.15) is 5.26 Å². The lowest BCUT2D eigenvalue weighted by Crippen LogP contribution is -2.15. The molecule has 2 aromatic rings. The molecule has 0 fully saturated rings. The number of H-pyrrole nitrogens is 1. The summed E-state index contributed by atoms with van der Waals surface area (Å²) in [4.78, 5) is 7.24. The molecule has 1 aromatic carbocycles. The SMILES string of the molecule is Cc1nc2ccc(C(O)C(O)C#N)cc2[nH]1. The molecular formula is C11H11N3O2. The standard InChI is InChI=1S/C11H11N3O2/c1-6-13-8-3-2-7(4-9(8)14-6)11(16)10(15)5-12/h2-4,10-11,15-16H,1H3,(H,13,14). The van der Waals surface area contributed by atoms with Crippen LogP contribution in [-0.4, -0.2) is 26.3 Å². The van der Waals surface area contributed by atoms with Crippen LogP contribution < -0.4 is 0 Å². The lowest BCUT2D eigenvalue weighted by Gasteiger charge is -2.11. The first-order valence-electron chi connectivity index (χ1n) is 4.84. The quantitative estimate of drug-likeness (QED) is 0.648. The Morgan fingerprint density at radius 1 is 1.44 bits per heavy atom. The third-order valence-corrected chi connectivity index (χ3v) is 2.40. The van der Waals surface area contributed by atoms with E-state index in [9.17, 15) is 10.2 Å². The molecule has 0 aliphatic carbocycles. The Morgan fingerprint density at radius 3 is 2.88 bits per heavy atom. The van der Waals surface area contributed by atoms with Gasteiger partial charge in [-0.1, -0.05) is 6.07 Å². The van der Waals surface area contributed by atoms with Gasteiger partial charge in [0.25, 0.3) is 0 Å². The molecule has 2 rings (SSSR count). The predicted octanol–water partition coefficient (Wildman–Crippen LogP) is 0.789. The summed E-state index contributed by atoms with van der Waals surface area (Å²) in [5.41, 5.74) is 2.06. The van der Waals surface area contributed by atoms with Crippen LogP contribution >= 0.6 is 0 Å². The summed E-state index contributed by atoms with van der Waals surface area (Å²) in [5, 5.41) is 27.4. The third-order valence-electron chi connectivity index (χ3n) is 2.40. The van der Waals surface area contributed by atoms with Crippen molar-refractivity contribution in [3.8, 4) is 6.07 Å². The van der Waals surface area contributed by atoms with Crippen molar-refractivity contribution in [1.82, 2.24) is 9.97 Å². The van der Waals surface area contributed by atoms with Gasteiger partial charge in [0, 0.05) is 0 Å². The van der Waals surface area contributed by atoms with E-state index in [1.54, 1.807) is 24.3 Å². The molecule has 0 aliphatic heterocycles. The topological polar surface area (TPSA) is 92.9 Å². The van der Waals surface area contributed by atoms with Crippen molar-refractivity contribution < 1.29 is 10.2 Å². The number of imidazole rings is 1. The van der Waals surface area contributed by atoms with Crippen LogP contribution in [0.2, 0.25) is 0 Å². The van der Waals surface area contributed by atoms with Crippen LogP contribution in [0.3, 0.4) is 0 Å². The number of aliphatic hydroxyl groups is 2. The molecule has 5 nitrogen and oxygen atoms in total. The number of fused-ring (bicyclic) bond motifs is 1. The Hall–Kier alpha value is -1.90. The molecular weight excluding hydrogens is 206 g/mol. The van der Waals surface area contributed by atoms with E-state index >= 15 is 0 Å². The molecule has 5 heteroatoms. The number of aromatic nitrogens is 2. The second-order valence-electron chi connectivity index (χ2n) is 3.62. The number of aromatic amines is 1. The monoisotopic (exact) mass is 217 g/mol. The number of nitrogens with one attached hydrogen (secondary N) is 1. The Balaban J connectivity index is 2.43. The average molecular weight is 217 g/mol. The van der Waals surface area contributed by atoms with Crippen molar-refractivity contribution in [2.75, 3.05) is 0 Å². The summed E-state index contributed by atoms with van der Waals surface area (Å²) in [6.07, 6.45) is -2.61. The lowest BCUT2D eigenvalue weighted by molar-refractivity contribution is 0.0529. The van der Waals surface area contributed by atoms with Crippen molar-refractivity contribution in [1.29, 1.82) is 5.26 Å². The lowest BCUT2D eigenvalue weighted by atomic mass is 10.0. The number of nitriles is 1. The second-order valence-corrected chi connectivity index (χ2v) is 3.62. The maximum Gasteiger partial charge on any atom is 0.170 e. The fraction of sp³-hybridized carbons (Fsp3) is 0.273. The number of nitrogens with zero attached hydrogens (tertiary/aromatic N) is 2. The van der Waals surface area contributed by atoms with Crippen molar-refractivity contribution in [3.05, 3.63) is 29.6 Å². The maximum absolute atomic E-state index is 9.65. The van der Waals surface area contributed by atoms with Crippen LogP contribution in [0.15, 0.2) is 18.2 Å². The van der Waals surface area contributed by atoms with Gasteiger partial charge in [0.05, 0.1) is 17.1 Å². The summed E-state index contributed by atoms with van der Waals surface area (Å²) < 4.78 is 0. The molecule has 0 spiro atoms. The highest BCUT2D eigenvalue weighted by molar-refractivity contribution is 5.75. The molecule has 1 heterocycles. The fourth-order valence-electron chi connectivity index (χ4n) is 1.59. The zero-order valence-electron chi connectivity index (χ0n) is 8.68. The van der Waals surface area contributed by atoms with Crippen molar-refractivity contribution >= 4 is 11.0 Å². The number of benzene rings is 1. The highest BCUT2D eigenvalue weighted by Gasteiger charge is 2.18. The van der Waals surface area contributed by atoms with E-state index in [-0.39, 0.29) is 0 Å². The molecule has 16 heavy (non-hydrogen) atoms. The van der Waals surface area contributed by atoms with Gasteiger partial charge in [0.2, 0.25) is 0 Å². The Bertz CT molecular complexity index is 556. The maximum atomic E-state index is 9.65. The number of aliphatic hydroxyl groups excluding tert-OH is 2. The van der Waals surface area contributed by atoms with E-state index in [4.69, 9.17) is 5.26 Å². The zero-order chi connectivity index (χ0) is 11.7. The molecule has 0 bridgehead atoms. The van der Waals surface area contributed by atoms with Gasteiger partial charge in [-0.05, 0) is 24.6 Å². The number of rotatable bonds is 2. The van der Waals surface area contributed by atoms with E-state index in [1.807, 2.05) is 6.92 Å². The number of hydrogen-bond donors (Lipinski definition) is 3. The Morgan fingerprint density at radius 2 is 2.19 bits per heavy atom. The van der Waals surface area contributed by atoms with E-state index in [2.05, 4.69) is 9.97 Å². The van der Waals surface area contributed by atoms with E-state index in [1.165, 1.54) is 0 Å². The van der Waals surface area contributed by atoms with Gasteiger partial charge in [-0.3, -0.25) is 0 Å². The molecule has 2 atom stereocenters. The van der Waals surface area contributed by atoms with Gasteiger partial charge < -0.3 is 15.2 Å². The first-order valence-corrected chi connectivity index (χ1v) is 4.84. The van der Waals surface area contributed by atoms with Gasteiger partial charge in [-0.15, -0.1) is 0 Å². The molecule has 0 saturated heterocycles. The van der Waals surface area contributed by atoms with Gasteiger partial charge in [0.15, 0.2) is 6.10 Å². The summed E-state index contributed by atoms with van der Waals surface area (Å²) in [6, 6.07) is 6.66. The molecule has 0 radical (unpaired) electrons. The summed E-state index contributed by atoms with van der Waals surface area (Å²) in [5.74, 6) is 0.780. The van der Waals surface area contributed by atoms with Crippen LogP contribution in [0.1, 0.15) is 17.5 Å². The van der Waals surface area contributed by atoms with Gasteiger partial charge >= 0.3 is 0 Å².